The number of rotatable bonds is 13. The number of methoxy groups -OCH3 is 1. The van der Waals surface area contributed by atoms with Crippen molar-refractivity contribution in [2.45, 2.75) is 75.4 Å². The Balaban J connectivity index is 1.23. The minimum atomic E-state index is -3.92. The number of sulfonamides is 1. The van der Waals surface area contributed by atoms with Gasteiger partial charge in [-0.3, -0.25) is 29.0 Å². The molecule has 0 bridgehead atoms. The number of nitrogens with one attached hydrogen (secondary N) is 4. The van der Waals surface area contributed by atoms with Crippen LogP contribution in [0, 0.1) is 11.3 Å². The summed E-state index contributed by atoms with van der Waals surface area (Å²) < 4.78 is 33.0. The molecule has 19 heteroatoms. The van der Waals surface area contributed by atoms with Gasteiger partial charge in [-0.2, -0.15) is 15.0 Å². The normalized spacial score (nSPS) is 22.8. The number of ether oxygens (including phenoxy) is 1. The van der Waals surface area contributed by atoms with Crippen LogP contribution in [0.2, 0.25) is 0 Å². The molecule has 4 N–H and O–H groups in total. The molecule has 0 unspecified atom stereocenters. The van der Waals surface area contributed by atoms with Crippen LogP contribution in [0.4, 0.5) is 0 Å². The van der Waals surface area contributed by atoms with Crippen molar-refractivity contribution in [1.29, 1.82) is 0 Å². The molecule has 4 heterocycles. The van der Waals surface area contributed by atoms with Crippen molar-refractivity contribution < 1.29 is 32.3 Å². The molecule has 5 atom stereocenters. The molecule has 0 spiro atoms. The van der Waals surface area contributed by atoms with Crippen molar-refractivity contribution in [2.24, 2.45) is 11.3 Å². The van der Waals surface area contributed by atoms with Crippen LogP contribution >= 0.6 is 11.3 Å². The lowest BCUT2D eigenvalue weighted by atomic mass is 9.85. The minimum Gasteiger partial charge on any atom is -0.497 e. The predicted octanol–water partition coefficient (Wildman–Crippen LogP) is 2.46. The van der Waals surface area contributed by atoms with E-state index in [1.807, 2.05) is 17.5 Å². The van der Waals surface area contributed by atoms with Gasteiger partial charge < -0.3 is 20.3 Å². The number of hydrogen-bond donors (Lipinski definition) is 4. The maximum absolute atomic E-state index is 14.7. The summed E-state index contributed by atoms with van der Waals surface area (Å²) in [5.74, 6) is -2.48. The van der Waals surface area contributed by atoms with E-state index < -0.39 is 73.9 Å². The van der Waals surface area contributed by atoms with Crippen LogP contribution in [0.25, 0.3) is 22.0 Å². The first-order valence-corrected chi connectivity index (χ1v) is 20.2. The highest BCUT2D eigenvalue weighted by Crippen LogP contribution is 2.46. The van der Waals surface area contributed by atoms with Crippen molar-refractivity contribution in [3.63, 3.8) is 0 Å². The van der Waals surface area contributed by atoms with E-state index in [1.54, 1.807) is 46.2 Å². The fourth-order valence-corrected chi connectivity index (χ4v) is 8.79. The quantitative estimate of drug-likeness (QED) is 0.144. The number of nitrogens with zero attached hydrogens (tertiary/aromatic N) is 6. The number of amides is 4. The zero-order chi connectivity index (χ0) is 39.3. The van der Waals surface area contributed by atoms with Crippen LogP contribution in [-0.2, 0) is 24.4 Å². The number of likely N-dealkylation sites (tertiary alicyclic amines) is 1. The average Bonchev–Trinajstić information content (AvgIpc) is 3.72. The first kappa shape index (κ1) is 37.9. The predicted molar refractivity (Wildman–Crippen MR) is 201 cm³/mol. The van der Waals surface area contributed by atoms with Crippen LogP contribution in [0.15, 0.2) is 60.9 Å². The van der Waals surface area contributed by atoms with Gasteiger partial charge in [0, 0.05) is 42.2 Å². The summed E-state index contributed by atoms with van der Waals surface area (Å²) in [6.07, 6.45) is 6.97. The summed E-state index contributed by atoms with van der Waals surface area (Å²) in [5.41, 5.74) is -0.397. The number of thiazole rings is 1. The largest absolute Gasteiger partial charge is 0.497 e. The Hall–Kier alpha value is -5.43. The zero-order valence-electron chi connectivity index (χ0n) is 30.7. The second kappa shape index (κ2) is 14.3. The highest BCUT2D eigenvalue weighted by atomic mass is 32.2. The number of H-pyrrole nitrogens is 1. The second-order valence-electron chi connectivity index (χ2n) is 15.1. The number of carbonyl (C=O) groups is 4. The third kappa shape index (κ3) is 7.49. The minimum absolute atomic E-state index is 0.0285. The molecule has 1 saturated heterocycles. The number of aromatic nitrogens is 6. The summed E-state index contributed by atoms with van der Waals surface area (Å²) in [6, 6.07) is 4.40. The lowest BCUT2D eigenvalue weighted by molar-refractivity contribution is -0.142. The van der Waals surface area contributed by atoms with E-state index in [1.165, 1.54) is 39.5 Å². The molecule has 2 saturated carbocycles. The molecule has 7 rings (SSSR count). The van der Waals surface area contributed by atoms with Gasteiger partial charge in [0.1, 0.15) is 39.8 Å². The van der Waals surface area contributed by atoms with Crippen molar-refractivity contribution in [3.8, 4) is 27.7 Å². The van der Waals surface area contributed by atoms with Crippen LogP contribution in [-0.4, -0.2) is 104 Å². The Labute approximate surface area is 321 Å². The van der Waals surface area contributed by atoms with Gasteiger partial charge in [0.25, 0.3) is 11.8 Å². The molecule has 0 radical (unpaired) electrons. The van der Waals surface area contributed by atoms with Gasteiger partial charge in [0.15, 0.2) is 0 Å². The zero-order valence-corrected chi connectivity index (χ0v) is 32.3. The van der Waals surface area contributed by atoms with Crippen LogP contribution < -0.4 is 20.1 Å². The Morgan fingerprint density at radius 1 is 1.13 bits per heavy atom. The molecule has 4 amide bonds. The Morgan fingerprint density at radius 2 is 1.85 bits per heavy atom. The number of aromatic amines is 1. The van der Waals surface area contributed by atoms with E-state index in [4.69, 9.17) is 14.9 Å². The lowest BCUT2D eigenvalue weighted by Gasteiger charge is -2.35. The number of benzene rings is 1. The van der Waals surface area contributed by atoms with Crippen molar-refractivity contribution in [3.05, 3.63) is 66.5 Å². The van der Waals surface area contributed by atoms with E-state index >= 15 is 0 Å². The van der Waals surface area contributed by atoms with E-state index in [-0.39, 0.29) is 24.9 Å². The molecule has 2 aliphatic carbocycles. The topological polar surface area (TPSA) is 223 Å². The van der Waals surface area contributed by atoms with Gasteiger partial charge in [-0.25, -0.2) is 13.4 Å². The molecule has 3 fully saturated rings. The maximum Gasteiger partial charge on any atom is 0.259 e. The van der Waals surface area contributed by atoms with Gasteiger partial charge in [0.05, 0.1) is 30.2 Å². The molecular formula is C36H42N10O7S2. The summed E-state index contributed by atoms with van der Waals surface area (Å²) in [4.78, 5) is 63.3. The fraction of sp³-hybridized carbons (Fsp3) is 0.444. The molecule has 17 nitrogen and oxygen atoms in total. The molecule has 4 aromatic rings. The first-order valence-electron chi connectivity index (χ1n) is 17.8. The van der Waals surface area contributed by atoms with Crippen molar-refractivity contribution in [1.82, 2.24) is 50.4 Å². The summed E-state index contributed by atoms with van der Waals surface area (Å²) in [6.45, 7) is 9.14. The van der Waals surface area contributed by atoms with E-state index in [0.29, 0.717) is 35.0 Å². The molecule has 1 aromatic carbocycles. The van der Waals surface area contributed by atoms with Crippen LogP contribution in [0.5, 0.6) is 5.75 Å². The third-order valence-electron chi connectivity index (χ3n) is 10.2. The maximum atomic E-state index is 14.7. The number of carbonyl (C=O) groups excluding carboxylic acids is 4. The summed E-state index contributed by atoms with van der Waals surface area (Å²) >= 11 is 1.38. The highest BCUT2D eigenvalue weighted by molar-refractivity contribution is 7.91. The summed E-state index contributed by atoms with van der Waals surface area (Å²) in [7, 11) is -2.34. The monoisotopic (exact) mass is 790 g/mol. The second-order valence-corrected chi connectivity index (χ2v) is 18.0. The van der Waals surface area contributed by atoms with Crippen LogP contribution in [0.1, 0.15) is 62.9 Å². The van der Waals surface area contributed by atoms with Gasteiger partial charge in [0.2, 0.25) is 21.8 Å². The molecule has 1 aliphatic heterocycles. The molecule has 290 valence electrons. The Bertz CT molecular complexity index is 2210. The smallest absolute Gasteiger partial charge is 0.259 e. The van der Waals surface area contributed by atoms with Gasteiger partial charge >= 0.3 is 0 Å². The van der Waals surface area contributed by atoms with E-state index in [0.717, 1.165) is 5.56 Å². The first-order chi connectivity index (χ1) is 26.1. The Morgan fingerprint density at radius 3 is 2.44 bits per heavy atom. The van der Waals surface area contributed by atoms with Crippen molar-refractivity contribution >= 4 is 45.0 Å². The molecular weight excluding hydrogens is 749 g/mol. The van der Waals surface area contributed by atoms with Gasteiger partial charge in [-0.15, -0.1) is 23.0 Å². The summed E-state index contributed by atoms with van der Waals surface area (Å²) in [5, 5.41) is 23.6. The van der Waals surface area contributed by atoms with Gasteiger partial charge in [-0.1, -0.05) is 26.8 Å². The average molecular weight is 791 g/mol. The fourth-order valence-electron chi connectivity index (χ4n) is 6.81. The van der Waals surface area contributed by atoms with Gasteiger partial charge in [-0.05, 0) is 48.9 Å². The molecule has 3 aliphatic rings. The highest BCUT2D eigenvalue weighted by Gasteiger charge is 2.62. The third-order valence-corrected chi connectivity index (χ3v) is 12.8. The van der Waals surface area contributed by atoms with E-state index in [9.17, 15) is 27.6 Å². The number of hydrogen-bond acceptors (Lipinski definition) is 12. The standard InChI is InChI=1S/C36H42N10O7S2/c1-6-22-16-36(22,34(50)44-55(51,52)25-11-12-25)41-31(48)26-15-23(19-45(26)33(49)29(35(2,3)4)40-30(47)21-17-38-39-18-21)46-42-27(20-7-9-24(53-5)10-8-20)28(43-46)32-37-13-14-54-32/h6-10,13-14,17-18,22-23,25-26,29H,1,11-12,15-16,19H2,2-5H3,(H,38,39)(H,40,47)(H,41,48)(H,44,50)/t22-,23-,26+,29-,36+/m1/s1. The molecule has 3 aromatic heterocycles. The van der Waals surface area contributed by atoms with Crippen molar-refractivity contribution in [2.75, 3.05) is 13.7 Å². The SMILES string of the molecule is C=C[C@@H]1C[C@@]1(NC(=O)[C@@H]1C[C@@H](n2nc(-c3ccc(OC)cc3)c(-c3nccs3)n2)CN1C(=O)[C@@H](NC(=O)c1cn[nH]c1)C(C)(C)C)C(=O)NS(=O)(=O)C1CC1. The molecule has 55 heavy (non-hydrogen) atoms. The van der Waals surface area contributed by atoms with Crippen LogP contribution in [0.3, 0.4) is 0 Å². The Kier molecular flexibility index (Phi) is 9.87. The lowest BCUT2D eigenvalue weighted by Crippen LogP contribution is -2.60. The van der Waals surface area contributed by atoms with E-state index in [2.05, 4.69) is 37.1 Å².